The molecule has 5 nitrogen and oxygen atoms in total. The normalized spacial score (nSPS) is 12.3. The number of carbonyl (C=O) groups is 1. The minimum atomic E-state index is -0.606. The molecule has 1 heterocycles. The van der Waals surface area contributed by atoms with E-state index in [2.05, 4.69) is 0 Å². The van der Waals surface area contributed by atoms with Crippen LogP contribution >= 0.6 is 0 Å². The average molecular weight is 318 g/mol. The van der Waals surface area contributed by atoms with E-state index in [0.717, 1.165) is 12.8 Å². The number of fused-ring (bicyclic) bond motifs is 1. The average Bonchev–Trinajstić information content (AvgIpc) is 2.55. The molecule has 1 atom stereocenters. The van der Waals surface area contributed by atoms with E-state index in [1.54, 1.807) is 24.3 Å². The maximum absolute atomic E-state index is 12.2. The Balaban J connectivity index is 2.34. The molecular weight excluding hydrogens is 296 g/mol. The van der Waals surface area contributed by atoms with Crippen molar-refractivity contribution in [2.45, 2.75) is 39.5 Å². The van der Waals surface area contributed by atoms with Gasteiger partial charge in [-0.3, -0.25) is 4.79 Å². The number of hydrogen-bond donors (Lipinski definition) is 1. The zero-order valence-electron chi connectivity index (χ0n) is 13.5. The molecule has 0 aliphatic rings. The van der Waals surface area contributed by atoms with Gasteiger partial charge in [0.05, 0.1) is 23.5 Å². The number of esters is 1. The zero-order chi connectivity index (χ0) is 16.8. The fourth-order valence-electron chi connectivity index (χ4n) is 2.57. The highest BCUT2D eigenvalue weighted by molar-refractivity contribution is 5.84. The van der Waals surface area contributed by atoms with Gasteiger partial charge in [0.2, 0.25) is 0 Å². The van der Waals surface area contributed by atoms with Crippen molar-refractivity contribution in [3.05, 3.63) is 40.2 Å². The molecule has 0 aliphatic heterocycles. The van der Waals surface area contributed by atoms with Crippen LogP contribution < -0.4 is 5.63 Å². The molecule has 1 unspecified atom stereocenters. The minimum absolute atomic E-state index is 0.110. The van der Waals surface area contributed by atoms with Crippen molar-refractivity contribution in [3.63, 3.8) is 0 Å². The van der Waals surface area contributed by atoms with Crippen molar-refractivity contribution in [3.8, 4) is 5.75 Å². The molecule has 0 saturated carbocycles. The number of benzene rings is 1. The Morgan fingerprint density at radius 2 is 2.00 bits per heavy atom. The first-order valence-corrected chi connectivity index (χ1v) is 7.98. The van der Waals surface area contributed by atoms with Gasteiger partial charge in [-0.05, 0) is 31.4 Å². The third-order valence-electron chi connectivity index (χ3n) is 3.75. The third-order valence-corrected chi connectivity index (χ3v) is 3.75. The van der Waals surface area contributed by atoms with Gasteiger partial charge in [0.15, 0.2) is 0 Å². The van der Waals surface area contributed by atoms with Crippen LogP contribution in [0.4, 0.5) is 0 Å². The van der Waals surface area contributed by atoms with E-state index >= 15 is 0 Å². The molecule has 0 fully saturated rings. The van der Waals surface area contributed by atoms with Crippen molar-refractivity contribution in [1.82, 2.24) is 0 Å². The highest BCUT2D eigenvalue weighted by atomic mass is 16.5. The summed E-state index contributed by atoms with van der Waals surface area (Å²) in [7, 11) is 0. The minimum Gasteiger partial charge on any atom is -0.507 e. The molecule has 124 valence electrons. The van der Waals surface area contributed by atoms with E-state index in [4.69, 9.17) is 9.15 Å². The SMILES string of the molecule is CCCOC(=O)C(CCC)Cc1c(O)c2ccccc2oc1=O. The van der Waals surface area contributed by atoms with Crippen LogP contribution in [0.1, 0.15) is 38.7 Å². The number of hydrogen-bond acceptors (Lipinski definition) is 5. The van der Waals surface area contributed by atoms with E-state index < -0.39 is 11.5 Å². The molecule has 2 rings (SSSR count). The molecule has 0 amide bonds. The van der Waals surface area contributed by atoms with Crippen molar-refractivity contribution >= 4 is 16.9 Å². The molecule has 0 saturated heterocycles. The second-order valence-electron chi connectivity index (χ2n) is 5.57. The number of aromatic hydroxyl groups is 1. The van der Waals surface area contributed by atoms with Gasteiger partial charge in [0.1, 0.15) is 11.3 Å². The topological polar surface area (TPSA) is 76.7 Å². The molecule has 5 heteroatoms. The van der Waals surface area contributed by atoms with Gasteiger partial charge >= 0.3 is 11.6 Å². The molecular formula is C18H22O5. The Morgan fingerprint density at radius 1 is 1.26 bits per heavy atom. The molecule has 1 aromatic heterocycles. The summed E-state index contributed by atoms with van der Waals surface area (Å²) in [6.07, 6.45) is 2.24. The van der Waals surface area contributed by atoms with Gasteiger partial charge in [-0.2, -0.15) is 0 Å². The summed E-state index contributed by atoms with van der Waals surface area (Å²) in [4.78, 5) is 24.3. The lowest BCUT2D eigenvalue weighted by Gasteiger charge is -2.15. The Labute approximate surface area is 134 Å². The van der Waals surface area contributed by atoms with Crippen LogP contribution in [0.15, 0.2) is 33.5 Å². The smallest absolute Gasteiger partial charge is 0.343 e. The van der Waals surface area contributed by atoms with E-state index in [9.17, 15) is 14.7 Å². The van der Waals surface area contributed by atoms with Crippen LogP contribution in [-0.2, 0) is 16.0 Å². The molecule has 0 aliphatic carbocycles. The van der Waals surface area contributed by atoms with Crippen molar-refractivity contribution in [2.24, 2.45) is 5.92 Å². The zero-order valence-corrected chi connectivity index (χ0v) is 13.5. The van der Waals surface area contributed by atoms with Gasteiger partial charge in [-0.15, -0.1) is 0 Å². The first kappa shape index (κ1) is 17.1. The summed E-state index contributed by atoms with van der Waals surface area (Å²) >= 11 is 0. The lowest BCUT2D eigenvalue weighted by molar-refractivity contribution is -0.148. The number of ether oxygens (including phenoxy) is 1. The Morgan fingerprint density at radius 3 is 2.70 bits per heavy atom. The summed E-state index contributed by atoms with van der Waals surface area (Å²) in [5, 5.41) is 10.9. The quantitative estimate of drug-likeness (QED) is 0.625. The maximum Gasteiger partial charge on any atom is 0.343 e. The van der Waals surface area contributed by atoms with Crippen LogP contribution in [-0.4, -0.2) is 17.7 Å². The van der Waals surface area contributed by atoms with Gasteiger partial charge in [-0.25, -0.2) is 4.79 Å². The largest absolute Gasteiger partial charge is 0.507 e. The third kappa shape index (κ3) is 3.92. The molecule has 0 spiro atoms. The number of para-hydroxylation sites is 1. The summed E-state index contributed by atoms with van der Waals surface area (Å²) in [5.41, 5.74) is -0.138. The Bertz CT molecular complexity index is 732. The fourth-order valence-corrected chi connectivity index (χ4v) is 2.57. The summed E-state index contributed by atoms with van der Waals surface area (Å²) in [6, 6.07) is 6.79. The van der Waals surface area contributed by atoms with E-state index in [1.165, 1.54) is 0 Å². The molecule has 23 heavy (non-hydrogen) atoms. The van der Waals surface area contributed by atoms with E-state index in [-0.39, 0.29) is 23.7 Å². The number of rotatable bonds is 7. The predicted octanol–water partition coefficient (Wildman–Crippen LogP) is 3.41. The monoisotopic (exact) mass is 318 g/mol. The van der Waals surface area contributed by atoms with Crippen LogP contribution in [0.5, 0.6) is 5.75 Å². The van der Waals surface area contributed by atoms with Crippen LogP contribution in [0.25, 0.3) is 11.0 Å². The Kier molecular flexibility index (Phi) is 5.79. The van der Waals surface area contributed by atoms with Gasteiger partial charge in [0, 0.05) is 0 Å². The van der Waals surface area contributed by atoms with Crippen molar-refractivity contribution in [2.75, 3.05) is 6.61 Å². The molecule has 2 aromatic rings. The lowest BCUT2D eigenvalue weighted by atomic mass is 9.95. The summed E-state index contributed by atoms with van der Waals surface area (Å²) < 4.78 is 10.4. The lowest BCUT2D eigenvalue weighted by Crippen LogP contribution is -2.23. The molecule has 0 radical (unpaired) electrons. The predicted molar refractivity (Wildman–Crippen MR) is 87.5 cm³/mol. The second kappa shape index (κ2) is 7.81. The van der Waals surface area contributed by atoms with Crippen LogP contribution in [0, 0.1) is 5.92 Å². The first-order chi connectivity index (χ1) is 11.1. The molecule has 1 aromatic carbocycles. The van der Waals surface area contributed by atoms with Gasteiger partial charge < -0.3 is 14.3 Å². The second-order valence-corrected chi connectivity index (χ2v) is 5.57. The summed E-state index contributed by atoms with van der Waals surface area (Å²) in [6.45, 7) is 4.24. The van der Waals surface area contributed by atoms with Crippen molar-refractivity contribution < 1.29 is 19.1 Å². The van der Waals surface area contributed by atoms with Gasteiger partial charge in [-0.1, -0.05) is 32.4 Å². The first-order valence-electron chi connectivity index (χ1n) is 7.98. The van der Waals surface area contributed by atoms with E-state index in [0.29, 0.717) is 24.0 Å². The fraction of sp³-hybridized carbons (Fsp3) is 0.444. The maximum atomic E-state index is 12.2. The van der Waals surface area contributed by atoms with Crippen LogP contribution in [0.3, 0.4) is 0 Å². The standard InChI is InChI=1S/C18H22O5/c1-3-7-12(17(20)22-10-4-2)11-14-16(19)13-8-5-6-9-15(13)23-18(14)21/h5-6,8-9,12,19H,3-4,7,10-11H2,1-2H3. The Hall–Kier alpha value is -2.30. The van der Waals surface area contributed by atoms with Crippen molar-refractivity contribution in [1.29, 1.82) is 0 Å². The van der Waals surface area contributed by atoms with E-state index in [1.807, 2.05) is 13.8 Å². The summed E-state index contributed by atoms with van der Waals surface area (Å²) in [5.74, 6) is -0.900. The highest BCUT2D eigenvalue weighted by Crippen LogP contribution is 2.28. The highest BCUT2D eigenvalue weighted by Gasteiger charge is 2.24. The van der Waals surface area contributed by atoms with Crippen LogP contribution in [0.2, 0.25) is 0 Å². The molecule has 1 N–H and O–H groups in total. The molecule has 0 bridgehead atoms. The van der Waals surface area contributed by atoms with Gasteiger partial charge in [0.25, 0.3) is 0 Å². The number of carbonyl (C=O) groups excluding carboxylic acids is 1.